The number of halogens is 3. The predicted molar refractivity (Wildman–Crippen MR) is 45.8 cm³/mol. The van der Waals surface area contributed by atoms with Crippen molar-refractivity contribution in [2.24, 2.45) is 0 Å². The van der Waals surface area contributed by atoms with Crippen molar-refractivity contribution in [1.82, 2.24) is 10.3 Å². The Hall–Kier alpha value is -0.970. The van der Waals surface area contributed by atoms with E-state index in [0.717, 1.165) is 25.6 Å². The summed E-state index contributed by atoms with van der Waals surface area (Å²) in [5, 5.41) is 3.05. The minimum atomic E-state index is -4.25. The van der Waals surface area contributed by atoms with Crippen LogP contribution in [-0.4, -0.2) is 11.5 Å². The second-order valence-electron chi connectivity index (χ2n) is 3.47. The fraction of sp³-hybridized carbons (Fsp3) is 0.556. The molecule has 0 aromatic carbocycles. The molecular weight excluding hydrogens is 193 g/mol. The highest BCUT2D eigenvalue weighted by atomic mass is 19.4. The van der Waals surface area contributed by atoms with E-state index in [0.29, 0.717) is 5.56 Å². The number of hydrogen-bond acceptors (Lipinski definition) is 1. The van der Waals surface area contributed by atoms with Crippen molar-refractivity contribution in [1.29, 1.82) is 0 Å². The maximum atomic E-state index is 12.5. The van der Waals surface area contributed by atoms with Crippen LogP contribution < -0.4 is 5.32 Å². The van der Waals surface area contributed by atoms with Crippen LogP contribution in [0, 0.1) is 0 Å². The molecule has 0 amide bonds. The molecule has 1 aromatic rings. The lowest BCUT2D eigenvalue weighted by Crippen LogP contribution is -2.16. The van der Waals surface area contributed by atoms with Gasteiger partial charge in [-0.1, -0.05) is 0 Å². The normalized spacial score (nSPS) is 22.9. The van der Waals surface area contributed by atoms with Gasteiger partial charge in [-0.2, -0.15) is 13.2 Å². The highest BCUT2D eigenvalue weighted by molar-refractivity contribution is 5.29. The number of aromatic amines is 1. The molecule has 1 aromatic heterocycles. The molecule has 0 bridgehead atoms. The van der Waals surface area contributed by atoms with E-state index in [4.69, 9.17) is 0 Å². The van der Waals surface area contributed by atoms with Crippen LogP contribution in [0.1, 0.15) is 30.0 Å². The zero-order chi connectivity index (χ0) is 10.2. The van der Waals surface area contributed by atoms with Gasteiger partial charge in [0.05, 0.1) is 5.56 Å². The van der Waals surface area contributed by atoms with Gasteiger partial charge in [0, 0.05) is 18.4 Å². The van der Waals surface area contributed by atoms with Crippen LogP contribution in [0.15, 0.2) is 12.4 Å². The molecule has 78 valence electrons. The Morgan fingerprint density at radius 3 is 2.64 bits per heavy atom. The third-order valence-electron chi connectivity index (χ3n) is 2.52. The smallest absolute Gasteiger partial charge is 0.367 e. The van der Waals surface area contributed by atoms with Crippen molar-refractivity contribution in [3.8, 4) is 0 Å². The van der Waals surface area contributed by atoms with E-state index in [1.54, 1.807) is 0 Å². The van der Waals surface area contributed by atoms with Crippen molar-refractivity contribution in [2.45, 2.75) is 25.1 Å². The zero-order valence-corrected chi connectivity index (χ0v) is 7.49. The summed E-state index contributed by atoms with van der Waals surface area (Å²) in [5.74, 6) is 0. The van der Waals surface area contributed by atoms with E-state index in [2.05, 4.69) is 10.3 Å². The summed E-state index contributed by atoms with van der Waals surface area (Å²) >= 11 is 0. The summed E-state index contributed by atoms with van der Waals surface area (Å²) in [6, 6.07) is -0.141. The van der Waals surface area contributed by atoms with Crippen LogP contribution in [0.25, 0.3) is 0 Å². The molecule has 0 aliphatic carbocycles. The van der Waals surface area contributed by atoms with Crippen LogP contribution in [0.2, 0.25) is 0 Å². The van der Waals surface area contributed by atoms with E-state index in [9.17, 15) is 13.2 Å². The molecule has 2 nitrogen and oxygen atoms in total. The summed E-state index contributed by atoms with van der Waals surface area (Å²) in [4.78, 5) is 2.52. The van der Waals surface area contributed by atoms with Crippen molar-refractivity contribution in [3.63, 3.8) is 0 Å². The quantitative estimate of drug-likeness (QED) is 0.722. The topological polar surface area (TPSA) is 27.8 Å². The van der Waals surface area contributed by atoms with E-state index in [1.165, 1.54) is 6.20 Å². The van der Waals surface area contributed by atoms with Gasteiger partial charge < -0.3 is 10.3 Å². The van der Waals surface area contributed by atoms with Crippen molar-refractivity contribution in [3.05, 3.63) is 23.5 Å². The van der Waals surface area contributed by atoms with E-state index in [1.807, 2.05) is 0 Å². The highest BCUT2D eigenvalue weighted by Crippen LogP contribution is 2.36. The number of rotatable bonds is 1. The number of alkyl halides is 3. The van der Waals surface area contributed by atoms with E-state index < -0.39 is 11.7 Å². The largest absolute Gasteiger partial charge is 0.418 e. The van der Waals surface area contributed by atoms with Gasteiger partial charge in [0.1, 0.15) is 0 Å². The average molecular weight is 204 g/mol. The second kappa shape index (κ2) is 3.31. The van der Waals surface area contributed by atoms with Crippen molar-refractivity contribution in [2.75, 3.05) is 6.54 Å². The third kappa shape index (κ3) is 1.64. The SMILES string of the molecule is FC(F)(F)c1c[nH]cc1C1CCCN1. The van der Waals surface area contributed by atoms with Gasteiger partial charge in [-0.15, -0.1) is 0 Å². The van der Waals surface area contributed by atoms with Crippen molar-refractivity contribution < 1.29 is 13.2 Å². The summed E-state index contributed by atoms with van der Waals surface area (Å²) in [7, 11) is 0. The molecule has 2 heterocycles. The predicted octanol–water partition coefficient (Wildman–Crippen LogP) is 2.46. The Kier molecular flexibility index (Phi) is 2.26. The maximum absolute atomic E-state index is 12.5. The summed E-state index contributed by atoms with van der Waals surface area (Å²) < 4.78 is 37.5. The molecule has 2 N–H and O–H groups in total. The molecule has 0 radical (unpaired) electrons. The molecule has 5 heteroatoms. The molecule has 1 unspecified atom stereocenters. The fourth-order valence-electron chi connectivity index (χ4n) is 1.86. The van der Waals surface area contributed by atoms with Crippen molar-refractivity contribution >= 4 is 0 Å². The molecule has 1 atom stereocenters. The van der Waals surface area contributed by atoms with Gasteiger partial charge in [0.2, 0.25) is 0 Å². The summed E-state index contributed by atoms with van der Waals surface area (Å²) in [6.45, 7) is 0.799. The Labute approximate surface area is 79.5 Å². The number of nitrogens with one attached hydrogen (secondary N) is 2. The molecule has 2 rings (SSSR count). The first kappa shape index (κ1) is 9.58. The minimum absolute atomic E-state index is 0.141. The average Bonchev–Trinajstić information content (AvgIpc) is 2.73. The van der Waals surface area contributed by atoms with Crippen LogP contribution >= 0.6 is 0 Å². The third-order valence-corrected chi connectivity index (χ3v) is 2.52. The molecule has 0 spiro atoms. The molecule has 1 aliphatic heterocycles. The van der Waals surface area contributed by atoms with Crippen LogP contribution in [-0.2, 0) is 6.18 Å². The van der Waals surface area contributed by atoms with Gasteiger partial charge in [-0.05, 0) is 24.9 Å². The molecule has 14 heavy (non-hydrogen) atoms. The number of aromatic nitrogens is 1. The van der Waals surface area contributed by atoms with Gasteiger partial charge in [-0.3, -0.25) is 0 Å². The molecule has 1 fully saturated rings. The van der Waals surface area contributed by atoms with Crippen LogP contribution in [0.3, 0.4) is 0 Å². The van der Waals surface area contributed by atoms with Crippen LogP contribution in [0.5, 0.6) is 0 Å². The lowest BCUT2D eigenvalue weighted by atomic mass is 10.0. The van der Waals surface area contributed by atoms with Gasteiger partial charge in [0.15, 0.2) is 0 Å². The Morgan fingerprint density at radius 2 is 2.07 bits per heavy atom. The lowest BCUT2D eigenvalue weighted by molar-refractivity contribution is -0.138. The Balaban J connectivity index is 2.29. The first-order chi connectivity index (χ1) is 6.59. The van der Waals surface area contributed by atoms with E-state index in [-0.39, 0.29) is 6.04 Å². The van der Waals surface area contributed by atoms with Crippen LogP contribution in [0.4, 0.5) is 13.2 Å². The van der Waals surface area contributed by atoms with Gasteiger partial charge in [0.25, 0.3) is 0 Å². The fourth-order valence-corrected chi connectivity index (χ4v) is 1.86. The van der Waals surface area contributed by atoms with Gasteiger partial charge >= 0.3 is 6.18 Å². The molecule has 1 aliphatic rings. The lowest BCUT2D eigenvalue weighted by Gasteiger charge is -2.13. The summed E-state index contributed by atoms with van der Waals surface area (Å²) in [6.07, 6.45) is -0.0746. The Morgan fingerprint density at radius 1 is 1.29 bits per heavy atom. The Bertz CT molecular complexity index is 310. The van der Waals surface area contributed by atoms with E-state index >= 15 is 0 Å². The van der Waals surface area contributed by atoms with Gasteiger partial charge in [-0.25, -0.2) is 0 Å². The summed E-state index contributed by atoms with van der Waals surface area (Å²) in [5.41, 5.74) is -0.202. The second-order valence-corrected chi connectivity index (χ2v) is 3.47. The molecule has 1 saturated heterocycles. The first-order valence-corrected chi connectivity index (χ1v) is 4.56. The standard InChI is InChI=1S/C9H11F3N2/c10-9(11,12)7-5-13-4-6(7)8-2-1-3-14-8/h4-5,8,13-14H,1-3H2. The minimum Gasteiger partial charge on any atom is -0.367 e. The first-order valence-electron chi connectivity index (χ1n) is 4.56. The highest BCUT2D eigenvalue weighted by Gasteiger charge is 2.36. The molecule has 0 saturated carbocycles. The monoisotopic (exact) mass is 204 g/mol. The zero-order valence-electron chi connectivity index (χ0n) is 7.49. The molecular formula is C9H11F3N2. The maximum Gasteiger partial charge on any atom is 0.418 e. The number of hydrogen-bond donors (Lipinski definition) is 2. The number of H-pyrrole nitrogens is 1.